The van der Waals surface area contributed by atoms with Crippen LogP contribution in [-0.2, 0) is 21.2 Å². The predicted octanol–water partition coefficient (Wildman–Crippen LogP) is 0.715. The van der Waals surface area contributed by atoms with Crippen molar-refractivity contribution in [3.63, 3.8) is 0 Å². The number of nitrogens with zero attached hydrogens (tertiary/aromatic N) is 1. The second-order valence-electron chi connectivity index (χ2n) is 6.08. The van der Waals surface area contributed by atoms with Crippen LogP contribution in [-0.4, -0.2) is 55.7 Å². The maximum atomic E-state index is 12.9. The predicted molar refractivity (Wildman–Crippen MR) is 92.5 cm³/mol. The summed E-state index contributed by atoms with van der Waals surface area (Å²) in [7, 11) is -3.42. The molecule has 8 nitrogen and oxygen atoms in total. The number of hydrogen-bond acceptors (Lipinski definition) is 5. The normalized spacial score (nSPS) is 14.7. The first-order valence-corrected chi connectivity index (χ1v) is 9.95. The van der Waals surface area contributed by atoms with Crippen molar-refractivity contribution in [1.82, 2.24) is 14.9 Å². The third kappa shape index (κ3) is 6.26. The molecule has 0 radical (unpaired) electrons. The molecule has 3 N–H and O–H groups in total. The second-order valence-corrected chi connectivity index (χ2v) is 8.01. The molecule has 0 atom stereocenters. The zero-order valence-corrected chi connectivity index (χ0v) is 15.0. The number of imide groups is 1. The highest BCUT2D eigenvalue weighted by molar-refractivity contribution is 7.89. The van der Waals surface area contributed by atoms with Gasteiger partial charge in [0.25, 0.3) is 0 Å². The minimum atomic E-state index is -3.42. The minimum Gasteiger partial charge on any atom is -0.505 e. The Labute approximate surface area is 151 Å². The molecule has 1 aliphatic rings. The van der Waals surface area contributed by atoms with Crippen molar-refractivity contribution in [2.45, 2.75) is 25.7 Å². The fourth-order valence-electron chi connectivity index (χ4n) is 2.57. The second kappa shape index (κ2) is 8.95. The highest BCUT2D eigenvalue weighted by atomic mass is 32.2. The zero-order chi connectivity index (χ0) is 19.2. The van der Waals surface area contributed by atoms with Crippen molar-refractivity contribution in [2.24, 2.45) is 0 Å². The molecule has 2 rings (SSSR count). The molecule has 0 aromatic heterocycles. The van der Waals surface area contributed by atoms with Crippen LogP contribution < -0.4 is 10.0 Å². The Morgan fingerprint density at radius 3 is 2.65 bits per heavy atom. The molecular formula is C16H22FN3O5S. The quantitative estimate of drug-likeness (QED) is 0.404. The number of aromatic hydroxyl groups is 1. The average molecular weight is 387 g/mol. The highest BCUT2D eigenvalue weighted by Gasteiger charge is 2.25. The molecule has 0 aliphatic carbocycles. The van der Waals surface area contributed by atoms with E-state index in [1.54, 1.807) is 0 Å². The van der Waals surface area contributed by atoms with Crippen molar-refractivity contribution < 1.29 is 27.5 Å². The largest absolute Gasteiger partial charge is 0.505 e. The number of carbonyl (C=O) groups is 2. The molecular weight excluding hydrogens is 365 g/mol. The van der Waals surface area contributed by atoms with Gasteiger partial charge in [-0.05, 0) is 37.0 Å². The number of nitrogens with one attached hydrogen (secondary N) is 2. The Balaban J connectivity index is 1.61. The Morgan fingerprint density at radius 1 is 1.23 bits per heavy atom. The summed E-state index contributed by atoms with van der Waals surface area (Å²) in [5, 5.41) is 11.5. The Morgan fingerprint density at radius 2 is 2.00 bits per heavy atom. The summed E-state index contributed by atoms with van der Waals surface area (Å²) < 4.78 is 39.2. The number of unbranched alkanes of at least 4 members (excludes halogenated alkanes) is 2. The van der Waals surface area contributed by atoms with E-state index in [0.717, 1.165) is 6.07 Å². The van der Waals surface area contributed by atoms with Crippen LogP contribution in [0.2, 0.25) is 0 Å². The van der Waals surface area contributed by atoms with Gasteiger partial charge >= 0.3 is 6.03 Å². The molecule has 10 heteroatoms. The fourth-order valence-corrected chi connectivity index (χ4v) is 3.71. The van der Waals surface area contributed by atoms with E-state index >= 15 is 0 Å². The molecule has 1 aliphatic heterocycles. The smallest absolute Gasteiger partial charge is 0.324 e. The van der Waals surface area contributed by atoms with Gasteiger partial charge in [0.15, 0.2) is 11.6 Å². The number of phenols is 1. The first-order valence-electron chi connectivity index (χ1n) is 8.30. The number of amides is 3. The number of halogens is 1. The van der Waals surface area contributed by atoms with Gasteiger partial charge in [-0.1, -0.05) is 12.5 Å². The van der Waals surface area contributed by atoms with E-state index in [-0.39, 0.29) is 24.7 Å². The van der Waals surface area contributed by atoms with Crippen LogP contribution in [0.15, 0.2) is 18.2 Å². The number of rotatable bonds is 10. The van der Waals surface area contributed by atoms with E-state index in [2.05, 4.69) is 10.0 Å². The van der Waals surface area contributed by atoms with Crippen molar-refractivity contribution in [2.75, 3.05) is 25.4 Å². The number of benzene rings is 1. The van der Waals surface area contributed by atoms with E-state index in [0.29, 0.717) is 37.8 Å². The molecule has 0 saturated carbocycles. The maximum absolute atomic E-state index is 12.9. The highest BCUT2D eigenvalue weighted by Crippen LogP contribution is 2.16. The van der Waals surface area contributed by atoms with Crippen molar-refractivity contribution in [1.29, 1.82) is 0 Å². The zero-order valence-electron chi connectivity index (χ0n) is 14.2. The van der Waals surface area contributed by atoms with Gasteiger partial charge < -0.3 is 10.0 Å². The lowest BCUT2D eigenvalue weighted by Gasteiger charge is -2.12. The maximum Gasteiger partial charge on any atom is 0.324 e. The van der Waals surface area contributed by atoms with Gasteiger partial charge in [-0.3, -0.25) is 10.1 Å². The molecule has 0 spiro atoms. The first kappa shape index (κ1) is 20.1. The summed E-state index contributed by atoms with van der Waals surface area (Å²) >= 11 is 0. The number of phenolic OH excluding ortho intramolecular Hbond substituents is 1. The van der Waals surface area contributed by atoms with E-state index in [1.807, 2.05) is 0 Å². The summed E-state index contributed by atoms with van der Waals surface area (Å²) in [5.74, 6) is -1.53. The number of urea groups is 1. The lowest BCUT2D eigenvalue weighted by Crippen LogP contribution is -2.29. The van der Waals surface area contributed by atoms with Crippen LogP contribution in [0.3, 0.4) is 0 Å². The lowest BCUT2D eigenvalue weighted by molar-refractivity contribution is -0.118. The van der Waals surface area contributed by atoms with Crippen LogP contribution >= 0.6 is 0 Å². The molecule has 1 fully saturated rings. The lowest BCUT2D eigenvalue weighted by atomic mass is 10.1. The monoisotopic (exact) mass is 387 g/mol. The van der Waals surface area contributed by atoms with E-state index in [9.17, 15) is 27.5 Å². The number of hydrogen-bond donors (Lipinski definition) is 3. The molecule has 144 valence electrons. The van der Waals surface area contributed by atoms with Gasteiger partial charge in [0, 0.05) is 13.1 Å². The topological polar surface area (TPSA) is 116 Å². The molecule has 26 heavy (non-hydrogen) atoms. The number of sulfonamides is 1. The van der Waals surface area contributed by atoms with E-state index in [1.165, 1.54) is 17.0 Å². The Hall–Kier alpha value is -2.20. The molecule has 1 saturated heterocycles. The van der Waals surface area contributed by atoms with Gasteiger partial charge in [-0.15, -0.1) is 0 Å². The molecule has 1 aromatic rings. The van der Waals surface area contributed by atoms with Gasteiger partial charge in [-0.2, -0.15) is 0 Å². The van der Waals surface area contributed by atoms with Crippen molar-refractivity contribution in [3.8, 4) is 5.75 Å². The van der Waals surface area contributed by atoms with E-state index in [4.69, 9.17) is 0 Å². The van der Waals surface area contributed by atoms with Crippen LogP contribution in [0.25, 0.3) is 0 Å². The van der Waals surface area contributed by atoms with Crippen LogP contribution in [0.5, 0.6) is 5.75 Å². The van der Waals surface area contributed by atoms with Gasteiger partial charge in [0.1, 0.15) is 6.54 Å². The van der Waals surface area contributed by atoms with Crippen LogP contribution in [0.4, 0.5) is 9.18 Å². The van der Waals surface area contributed by atoms with Crippen molar-refractivity contribution in [3.05, 3.63) is 29.6 Å². The summed E-state index contributed by atoms with van der Waals surface area (Å²) in [5.41, 5.74) is 0.630. The Kier molecular flexibility index (Phi) is 6.92. The van der Waals surface area contributed by atoms with E-state index < -0.39 is 27.6 Å². The van der Waals surface area contributed by atoms with Gasteiger partial charge in [-0.25, -0.2) is 22.3 Å². The first-order chi connectivity index (χ1) is 12.3. The third-order valence-electron chi connectivity index (χ3n) is 3.96. The summed E-state index contributed by atoms with van der Waals surface area (Å²) in [6.07, 6.45) is 2.01. The SMILES string of the molecule is O=C1CN(CCCCCS(=O)(=O)NCCc2ccc(F)c(O)c2)C(=O)N1. The molecule has 1 aromatic carbocycles. The molecule has 0 bridgehead atoms. The van der Waals surface area contributed by atoms with Crippen LogP contribution in [0, 0.1) is 5.82 Å². The van der Waals surface area contributed by atoms with Gasteiger partial charge in [0.05, 0.1) is 5.75 Å². The molecule has 0 unspecified atom stereocenters. The minimum absolute atomic E-state index is 0.0349. The van der Waals surface area contributed by atoms with Crippen LogP contribution in [0.1, 0.15) is 24.8 Å². The average Bonchev–Trinajstić information content (AvgIpc) is 2.88. The fraction of sp³-hybridized carbons (Fsp3) is 0.500. The van der Waals surface area contributed by atoms with Gasteiger partial charge in [0.2, 0.25) is 15.9 Å². The van der Waals surface area contributed by atoms with Crippen molar-refractivity contribution >= 4 is 22.0 Å². The standard InChI is InChI=1S/C16H22FN3O5S/c17-13-5-4-12(10-14(13)21)6-7-18-26(24,25)9-3-1-2-8-20-11-15(22)19-16(20)23/h4-5,10,18,21H,1-3,6-9,11H2,(H,19,22,23). The number of carbonyl (C=O) groups excluding carboxylic acids is 2. The summed E-state index contributed by atoms with van der Waals surface area (Å²) in [6.45, 7) is 0.625. The molecule has 3 amide bonds. The summed E-state index contributed by atoms with van der Waals surface area (Å²) in [6, 6.07) is 3.48. The third-order valence-corrected chi connectivity index (χ3v) is 5.43. The molecule has 1 heterocycles. The summed E-state index contributed by atoms with van der Waals surface area (Å²) in [4.78, 5) is 23.8. The Bertz CT molecular complexity index is 769.